The Balaban J connectivity index is 1.77. The van der Waals surface area contributed by atoms with Crippen LogP contribution in [0.4, 0.5) is 30.5 Å². The van der Waals surface area contributed by atoms with Gasteiger partial charge in [0, 0.05) is 18.0 Å². The molecule has 2 aromatic carbocycles. The van der Waals surface area contributed by atoms with Gasteiger partial charge >= 0.3 is 0 Å². The molecule has 0 radical (unpaired) electrons. The standard InChI is InChI=1S/C17H10ClF3N4O/c18-11-8-10(2-3-12(11)20)23-17-22-6-5-15(25-17)16(26)24-14-4-1-9(19)7-13(14)21/h1-8H,(H,24,26)(H,22,23,25). The van der Waals surface area contributed by atoms with Crippen molar-refractivity contribution in [3.63, 3.8) is 0 Å². The normalized spacial score (nSPS) is 10.5. The van der Waals surface area contributed by atoms with Gasteiger partial charge in [-0.3, -0.25) is 4.79 Å². The molecular weight excluding hydrogens is 369 g/mol. The quantitative estimate of drug-likeness (QED) is 0.699. The minimum Gasteiger partial charge on any atom is -0.324 e. The Kier molecular flexibility index (Phi) is 5.04. The molecule has 3 aromatic rings. The summed E-state index contributed by atoms with van der Waals surface area (Å²) in [6.45, 7) is 0. The van der Waals surface area contributed by atoms with Crippen molar-refractivity contribution in [2.45, 2.75) is 0 Å². The monoisotopic (exact) mass is 378 g/mol. The molecule has 0 spiro atoms. The number of hydrogen-bond acceptors (Lipinski definition) is 4. The zero-order chi connectivity index (χ0) is 18.7. The van der Waals surface area contributed by atoms with E-state index in [1.54, 1.807) is 0 Å². The number of benzene rings is 2. The third-order valence-corrected chi connectivity index (χ3v) is 3.53. The second-order valence-corrected chi connectivity index (χ2v) is 5.50. The molecule has 0 saturated carbocycles. The Morgan fingerprint density at radius 1 is 1.00 bits per heavy atom. The molecule has 0 fully saturated rings. The van der Waals surface area contributed by atoms with Crippen molar-refractivity contribution in [3.8, 4) is 0 Å². The van der Waals surface area contributed by atoms with Crippen molar-refractivity contribution in [1.82, 2.24) is 9.97 Å². The van der Waals surface area contributed by atoms with Crippen LogP contribution in [0.2, 0.25) is 5.02 Å². The Morgan fingerprint density at radius 2 is 1.81 bits per heavy atom. The smallest absolute Gasteiger partial charge is 0.274 e. The van der Waals surface area contributed by atoms with Gasteiger partial charge in [0.2, 0.25) is 5.95 Å². The Hall–Kier alpha value is -3.13. The first-order valence-corrected chi connectivity index (χ1v) is 7.62. The predicted octanol–water partition coefficient (Wildman–Crippen LogP) is 4.54. The van der Waals surface area contributed by atoms with Crippen LogP contribution in [0.15, 0.2) is 48.7 Å². The van der Waals surface area contributed by atoms with Crippen LogP contribution in [0, 0.1) is 17.5 Å². The number of carbonyl (C=O) groups excluding carboxylic acids is 1. The highest BCUT2D eigenvalue weighted by molar-refractivity contribution is 6.31. The van der Waals surface area contributed by atoms with E-state index in [0.717, 1.165) is 12.1 Å². The van der Waals surface area contributed by atoms with Crippen molar-refractivity contribution < 1.29 is 18.0 Å². The second-order valence-electron chi connectivity index (χ2n) is 5.10. The number of nitrogens with zero attached hydrogens (tertiary/aromatic N) is 2. The fourth-order valence-corrected chi connectivity index (χ4v) is 2.21. The van der Waals surface area contributed by atoms with Crippen LogP contribution in [0.1, 0.15) is 10.5 Å². The summed E-state index contributed by atoms with van der Waals surface area (Å²) >= 11 is 5.70. The summed E-state index contributed by atoms with van der Waals surface area (Å²) in [5.74, 6) is -2.90. The van der Waals surface area contributed by atoms with Crippen LogP contribution >= 0.6 is 11.6 Å². The van der Waals surface area contributed by atoms with Gasteiger partial charge in [-0.15, -0.1) is 0 Å². The van der Waals surface area contributed by atoms with Crippen molar-refractivity contribution in [2.24, 2.45) is 0 Å². The van der Waals surface area contributed by atoms with E-state index >= 15 is 0 Å². The van der Waals surface area contributed by atoms with Gasteiger partial charge in [-0.1, -0.05) is 11.6 Å². The van der Waals surface area contributed by atoms with Gasteiger partial charge in [0.1, 0.15) is 23.1 Å². The van der Waals surface area contributed by atoms with Gasteiger partial charge in [-0.05, 0) is 36.4 Å². The van der Waals surface area contributed by atoms with E-state index in [0.29, 0.717) is 11.8 Å². The van der Waals surface area contributed by atoms with Gasteiger partial charge in [0.25, 0.3) is 5.91 Å². The number of hydrogen-bond donors (Lipinski definition) is 2. The zero-order valence-electron chi connectivity index (χ0n) is 12.9. The largest absolute Gasteiger partial charge is 0.324 e. The Morgan fingerprint density at radius 3 is 2.54 bits per heavy atom. The average Bonchev–Trinajstić information content (AvgIpc) is 2.61. The molecule has 0 unspecified atom stereocenters. The van der Waals surface area contributed by atoms with E-state index in [4.69, 9.17) is 11.6 Å². The molecule has 0 atom stereocenters. The van der Waals surface area contributed by atoms with E-state index in [-0.39, 0.29) is 22.4 Å². The first-order valence-electron chi connectivity index (χ1n) is 7.24. The number of aromatic nitrogens is 2. The molecule has 9 heteroatoms. The number of amides is 1. The molecule has 0 aliphatic heterocycles. The molecule has 1 heterocycles. The number of rotatable bonds is 4. The minimum atomic E-state index is -0.910. The number of carbonyl (C=O) groups is 1. The number of anilines is 3. The molecule has 2 N–H and O–H groups in total. The SMILES string of the molecule is O=C(Nc1ccc(F)cc1F)c1ccnc(Nc2ccc(F)c(Cl)c2)n1. The average molecular weight is 379 g/mol. The van der Waals surface area contributed by atoms with Crippen LogP contribution in [-0.4, -0.2) is 15.9 Å². The summed E-state index contributed by atoms with van der Waals surface area (Å²) in [6, 6.07) is 8.01. The molecule has 26 heavy (non-hydrogen) atoms. The lowest BCUT2D eigenvalue weighted by atomic mass is 10.3. The predicted molar refractivity (Wildman–Crippen MR) is 91.0 cm³/mol. The number of nitrogens with one attached hydrogen (secondary N) is 2. The fourth-order valence-electron chi connectivity index (χ4n) is 2.03. The summed E-state index contributed by atoms with van der Waals surface area (Å²) in [5, 5.41) is 4.98. The highest BCUT2D eigenvalue weighted by atomic mass is 35.5. The van der Waals surface area contributed by atoms with Gasteiger partial charge in [0.05, 0.1) is 10.7 Å². The van der Waals surface area contributed by atoms with Crippen molar-refractivity contribution in [1.29, 1.82) is 0 Å². The molecule has 5 nitrogen and oxygen atoms in total. The fraction of sp³-hybridized carbons (Fsp3) is 0. The summed E-state index contributed by atoms with van der Waals surface area (Å²) in [6.07, 6.45) is 1.32. The summed E-state index contributed by atoms with van der Waals surface area (Å²) in [7, 11) is 0. The molecule has 0 saturated heterocycles. The van der Waals surface area contributed by atoms with Gasteiger partial charge in [0.15, 0.2) is 0 Å². The third-order valence-electron chi connectivity index (χ3n) is 3.24. The number of halogens is 4. The first-order chi connectivity index (χ1) is 12.4. The zero-order valence-corrected chi connectivity index (χ0v) is 13.7. The highest BCUT2D eigenvalue weighted by Gasteiger charge is 2.13. The van der Waals surface area contributed by atoms with Crippen LogP contribution in [0.25, 0.3) is 0 Å². The van der Waals surface area contributed by atoms with Crippen molar-refractivity contribution in [3.05, 3.63) is 76.8 Å². The lowest BCUT2D eigenvalue weighted by molar-refractivity contribution is 0.102. The van der Waals surface area contributed by atoms with Crippen LogP contribution in [0.3, 0.4) is 0 Å². The maximum absolute atomic E-state index is 13.6. The van der Waals surface area contributed by atoms with E-state index in [1.165, 1.54) is 30.5 Å². The van der Waals surface area contributed by atoms with E-state index in [9.17, 15) is 18.0 Å². The molecule has 0 aliphatic rings. The maximum Gasteiger partial charge on any atom is 0.274 e. The molecule has 0 bridgehead atoms. The van der Waals surface area contributed by atoms with Crippen molar-refractivity contribution in [2.75, 3.05) is 10.6 Å². The Bertz CT molecular complexity index is 984. The lowest BCUT2D eigenvalue weighted by Crippen LogP contribution is -2.15. The van der Waals surface area contributed by atoms with E-state index in [2.05, 4.69) is 20.6 Å². The molecule has 0 aliphatic carbocycles. The topological polar surface area (TPSA) is 66.9 Å². The summed E-state index contributed by atoms with van der Waals surface area (Å²) < 4.78 is 39.7. The minimum absolute atomic E-state index is 0.0555. The molecule has 1 amide bonds. The molecular formula is C17H10ClF3N4O. The molecule has 1 aromatic heterocycles. The van der Waals surface area contributed by atoms with Crippen LogP contribution in [0.5, 0.6) is 0 Å². The third kappa shape index (κ3) is 4.09. The maximum atomic E-state index is 13.6. The van der Waals surface area contributed by atoms with Gasteiger partial charge in [-0.25, -0.2) is 23.1 Å². The lowest BCUT2D eigenvalue weighted by Gasteiger charge is -2.08. The van der Waals surface area contributed by atoms with Crippen LogP contribution < -0.4 is 10.6 Å². The van der Waals surface area contributed by atoms with Gasteiger partial charge in [-0.2, -0.15) is 0 Å². The van der Waals surface area contributed by atoms with E-state index in [1.807, 2.05) is 0 Å². The van der Waals surface area contributed by atoms with Gasteiger partial charge < -0.3 is 10.6 Å². The Labute approximate surface area is 150 Å². The first kappa shape index (κ1) is 17.7. The summed E-state index contributed by atoms with van der Waals surface area (Å²) in [5.41, 5.74) is 0.174. The van der Waals surface area contributed by atoms with E-state index < -0.39 is 23.4 Å². The second kappa shape index (κ2) is 7.40. The van der Waals surface area contributed by atoms with Crippen LogP contribution in [-0.2, 0) is 0 Å². The molecule has 3 rings (SSSR count). The summed E-state index contributed by atoms with van der Waals surface area (Å²) in [4.78, 5) is 20.1. The van der Waals surface area contributed by atoms with Crippen molar-refractivity contribution >= 4 is 34.8 Å². The molecule has 132 valence electrons. The highest BCUT2D eigenvalue weighted by Crippen LogP contribution is 2.21.